The fraction of sp³-hybridized carbons (Fsp3) is 0.312. The molecule has 0 fully saturated rings. The number of nitrogens with zero attached hydrogens (tertiary/aromatic N) is 2. The quantitative estimate of drug-likeness (QED) is 0.880. The summed E-state index contributed by atoms with van der Waals surface area (Å²) in [6, 6.07) is 6.32. The first-order valence-electron chi connectivity index (χ1n) is 7.23. The third-order valence-corrected chi connectivity index (χ3v) is 3.64. The maximum absolute atomic E-state index is 12.4. The largest absolute Gasteiger partial charge is 0.366 e. The normalized spacial score (nSPS) is 10.8. The Kier molecular flexibility index (Phi) is 5.05. The van der Waals surface area contributed by atoms with Crippen LogP contribution in [-0.4, -0.2) is 21.6 Å². The number of amides is 2. The summed E-state index contributed by atoms with van der Waals surface area (Å²) in [6.07, 6.45) is 0. The summed E-state index contributed by atoms with van der Waals surface area (Å²) >= 11 is 6.28. The van der Waals surface area contributed by atoms with Crippen molar-refractivity contribution in [3.05, 3.63) is 46.2 Å². The van der Waals surface area contributed by atoms with Crippen LogP contribution in [0, 0.1) is 12.8 Å². The maximum Gasteiger partial charge on any atom is 0.260 e. The molecule has 0 radical (unpaired) electrons. The topological polar surface area (TPSA) is 90.0 Å². The molecule has 7 heteroatoms. The van der Waals surface area contributed by atoms with Crippen LogP contribution in [0.2, 0.25) is 5.15 Å². The van der Waals surface area contributed by atoms with E-state index in [1.54, 1.807) is 35.9 Å². The maximum atomic E-state index is 12.4. The Labute approximate surface area is 139 Å². The van der Waals surface area contributed by atoms with Crippen LogP contribution in [0.5, 0.6) is 0 Å². The van der Waals surface area contributed by atoms with Gasteiger partial charge in [-0.25, -0.2) is 0 Å². The van der Waals surface area contributed by atoms with Gasteiger partial charge < -0.3 is 11.1 Å². The lowest BCUT2D eigenvalue weighted by Gasteiger charge is -2.07. The first-order valence-corrected chi connectivity index (χ1v) is 7.61. The van der Waals surface area contributed by atoms with Gasteiger partial charge in [0.15, 0.2) is 0 Å². The fourth-order valence-corrected chi connectivity index (χ4v) is 2.52. The molecular formula is C16H19ClN4O2. The average molecular weight is 335 g/mol. The number of nitrogens with one attached hydrogen (secondary N) is 1. The minimum absolute atomic E-state index is 0.322. The van der Waals surface area contributed by atoms with Crippen LogP contribution < -0.4 is 11.1 Å². The van der Waals surface area contributed by atoms with Crippen LogP contribution in [-0.2, 0) is 6.54 Å². The van der Waals surface area contributed by atoms with Crippen molar-refractivity contribution in [1.82, 2.24) is 9.78 Å². The van der Waals surface area contributed by atoms with E-state index in [1.165, 1.54) is 0 Å². The molecule has 2 rings (SSSR count). The number of halogens is 1. The summed E-state index contributed by atoms with van der Waals surface area (Å²) in [5.74, 6) is -0.491. The van der Waals surface area contributed by atoms with E-state index in [-0.39, 0.29) is 5.91 Å². The van der Waals surface area contributed by atoms with E-state index in [9.17, 15) is 9.59 Å². The third kappa shape index (κ3) is 3.90. The number of benzene rings is 1. The van der Waals surface area contributed by atoms with Crippen molar-refractivity contribution >= 4 is 29.1 Å². The second-order valence-corrected chi connectivity index (χ2v) is 6.08. The van der Waals surface area contributed by atoms with Gasteiger partial charge in [-0.3, -0.25) is 14.3 Å². The van der Waals surface area contributed by atoms with E-state index in [0.29, 0.717) is 40.1 Å². The zero-order valence-corrected chi connectivity index (χ0v) is 14.0. The monoisotopic (exact) mass is 334 g/mol. The Bertz CT molecular complexity index is 735. The molecule has 1 heterocycles. The van der Waals surface area contributed by atoms with Gasteiger partial charge in [-0.15, -0.1) is 0 Å². The molecule has 0 aliphatic carbocycles. The molecule has 0 spiro atoms. The summed E-state index contributed by atoms with van der Waals surface area (Å²) in [6.45, 7) is 6.48. The van der Waals surface area contributed by atoms with Crippen LogP contribution in [0.15, 0.2) is 24.3 Å². The van der Waals surface area contributed by atoms with Gasteiger partial charge in [-0.2, -0.15) is 5.10 Å². The van der Waals surface area contributed by atoms with Crippen LogP contribution in [0.25, 0.3) is 0 Å². The third-order valence-electron chi connectivity index (χ3n) is 3.26. The predicted octanol–water partition coefficient (Wildman–Crippen LogP) is 2.85. The second kappa shape index (κ2) is 6.83. The van der Waals surface area contributed by atoms with E-state index in [4.69, 9.17) is 17.3 Å². The van der Waals surface area contributed by atoms with Gasteiger partial charge >= 0.3 is 0 Å². The van der Waals surface area contributed by atoms with Crippen molar-refractivity contribution in [3.8, 4) is 0 Å². The Morgan fingerprint density at radius 2 is 1.91 bits per heavy atom. The minimum atomic E-state index is -0.517. The van der Waals surface area contributed by atoms with E-state index in [2.05, 4.69) is 10.4 Å². The molecule has 0 atom stereocenters. The van der Waals surface area contributed by atoms with Crippen molar-refractivity contribution in [3.63, 3.8) is 0 Å². The van der Waals surface area contributed by atoms with Crippen LogP contribution in [0.3, 0.4) is 0 Å². The Balaban J connectivity index is 2.20. The van der Waals surface area contributed by atoms with E-state index >= 15 is 0 Å². The zero-order valence-electron chi connectivity index (χ0n) is 13.3. The molecule has 0 aliphatic rings. The molecule has 6 nitrogen and oxygen atoms in total. The van der Waals surface area contributed by atoms with Gasteiger partial charge in [0.05, 0.1) is 11.3 Å². The van der Waals surface area contributed by atoms with E-state index < -0.39 is 5.91 Å². The molecule has 23 heavy (non-hydrogen) atoms. The van der Waals surface area contributed by atoms with Crippen molar-refractivity contribution < 1.29 is 9.59 Å². The number of nitrogens with two attached hydrogens (primary N) is 1. The number of primary amides is 1. The summed E-state index contributed by atoms with van der Waals surface area (Å²) in [5, 5.41) is 7.38. The number of aromatic nitrogens is 2. The zero-order chi connectivity index (χ0) is 17.1. The number of hydrogen-bond donors (Lipinski definition) is 2. The standard InChI is InChI=1S/C16H19ClN4O2/c1-9(2)8-21-14(17)13(10(3)20-21)16(23)19-12-6-4-11(5-7-12)15(18)22/h4-7,9H,8H2,1-3H3,(H2,18,22)(H,19,23). The van der Waals surface area contributed by atoms with Gasteiger partial charge in [0.1, 0.15) is 5.15 Å². The lowest BCUT2D eigenvalue weighted by atomic mass is 10.2. The molecule has 2 aromatic rings. The predicted molar refractivity (Wildman–Crippen MR) is 89.7 cm³/mol. The number of rotatable bonds is 5. The molecule has 0 saturated heterocycles. The SMILES string of the molecule is Cc1nn(CC(C)C)c(Cl)c1C(=O)Nc1ccc(C(N)=O)cc1. The first-order chi connectivity index (χ1) is 10.8. The molecule has 0 bridgehead atoms. The molecule has 122 valence electrons. The lowest BCUT2D eigenvalue weighted by molar-refractivity contribution is 0.0998. The smallest absolute Gasteiger partial charge is 0.260 e. The molecule has 3 N–H and O–H groups in total. The summed E-state index contributed by atoms with van der Waals surface area (Å²) in [4.78, 5) is 23.5. The second-order valence-electron chi connectivity index (χ2n) is 5.72. The van der Waals surface area contributed by atoms with Gasteiger partial charge in [0.2, 0.25) is 5.91 Å². The fourth-order valence-electron chi connectivity index (χ4n) is 2.19. The highest BCUT2D eigenvalue weighted by Gasteiger charge is 2.20. The number of hydrogen-bond acceptors (Lipinski definition) is 3. The molecule has 1 aromatic heterocycles. The van der Waals surface area contributed by atoms with Crippen molar-refractivity contribution in [2.75, 3.05) is 5.32 Å². The summed E-state index contributed by atoms with van der Waals surface area (Å²) < 4.78 is 1.63. The van der Waals surface area contributed by atoms with Crippen molar-refractivity contribution in [2.45, 2.75) is 27.3 Å². The number of aryl methyl sites for hydroxylation is 1. The van der Waals surface area contributed by atoms with Crippen LogP contribution in [0.1, 0.15) is 40.3 Å². The van der Waals surface area contributed by atoms with Crippen LogP contribution in [0.4, 0.5) is 5.69 Å². The highest BCUT2D eigenvalue weighted by molar-refractivity contribution is 6.33. The van der Waals surface area contributed by atoms with Crippen molar-refractivity contribution in [2.24, 2.45) is 11.7 Å². The number of carbonyl (C=O) groups excluding carboxylic acids is 2. The summed E-state index contributed by atoms with van der Waals surface area (Å²) in [7, 11) is 0. The lowest BCUT2D eigenvalue weighted by Crippen LogP contribution is -2.14. The molecular weight excluding hydrogens is 316 g/mol. The van der Waals surface area contributed by atoms with Gasteiger partial charge in [-0.1, -0.05) is 25.4 Å². The Hall–Kier alpha value is -2.34. The highest BCUT2D eigenvalue weighted by Crippen LogP contribution is 2.22. The average Bonchev–Trinajstić information content (AvgIpc) is 2.73. The summed E-state index contributed by atoms with van der Waals surface area (Å²) in [5.41, 5.74) is 7.03. The molecule has 2 amide bonds. The molecule has 1 aromatic carbocycles. The first kappa shape index (κ1) is 17.0. The Morgan fingerprint density at radius 1 is 1.30 bits per heavy atom. The van der Waals surface area contributed by atoms with Crippen molar-refractivity contribution in [1.29, 1.82) is 0 Å². The molecule has 0 aliphatic heterocycles. The molecule has 0 unspecified atom stereocenters. The molecule has 0 saturated carbocycles. The highest BCUT2D eigenvalue weighted by atomic mass is 35.5. The van der Waals surface area contributed by atoms with Crippen LogP contribution >= 0.6 is 11.6 Å². The number of anilines is 1. The van der Waals surface area contributed by atoms with Gasteiger partial charge in [0, 0.05) is 17.8 Å². The van der Waals surface area contributed by atoms with E-state index in [1.807, 2.05) is 13.8 Å². The van der Waals surface area contributed by atoms with Gasteiger partial charge in [-0.05, 0) is 37.1 Å². The minimum Gasteiger partial charge on any atom is -0.366 e. The number of carbonyl (C=O) groups is 2. The van der Waals surface area contributed by atoms with E-state index in [0.717, 1.165) is 0 Å². The Morgan fingerprint density at radius 3 is 2.43 bits per heavy atom. The van der Waals surface area contributed by atoms with Gasteiger partial charge in [0.25, 0.3) is 5.91 Å².